The second kappa shape index (κ2) is 6.95. The molecule has 0 aliphatic carbocycles. The number of benzene rings is 1. The van der Waals surface area contributed by atoms with Gasteiger partial charge in [-0.3, -0.25) is 9.59 Å². The van der Waals surface area contributed by atoms with Gasteiger partial charge in [-0.25, -0.2) is 0 Å². The summed E-state index contributed by atoms with van der Waals surface area (Å²) in [6.45, 7) is 3.77. The molecular weight excluding hydrogens is 342 g/mol. The van der Waals surface area contributed by atoms with Crippen molar-refractivity contribution in [3.8, 4) is 0 Å². The number of primary amides is 1. The van der Waals surface area contributed by atoms with Gasteiger partial charge < -0.3 is 19.6 Å². The number of nitrogens with two attached hydrogens (primary N) is 1. The fraction of sp³-hybridized carbons (Fsp3) is 0.333. The van der Waals surface area contributed by atoms with Crippen LogP contribution in [0.2, 0.25) is 0 Å². The molecule has 0 unspecified atom stereocenters. The molecule has 2 aromatic heterocycles. The minimum absolute atomic E-state index is 0.0297. The Morgan fingerprint density at radius 1 is 1.19 bits per heavy atom. The van der Waals surface area contributed by atoms with Crippen molar-refractivity contribution in [1.82, 2.24) is 9.47 Å². The van der Waals surface area contributed by atoms with Gasteiger partial charge in [0.2, 0.25) is 5.91 Å². The highest BCUT2D eigenvalue weighted by molar-refractivity contribution is 5.97. The van der Waals surface area contributed by atoms with Crippen LogP contribution in [0.5, 0.6) is 0 Å². The van der Waals surface area contributed by atoms with Crippen LogP contribution in [0.25, 0.3) is 11.1 Å². The molecule has 140 valence electrons. The van der Waals surface area contributed by atoms with Crippen molar-refractivity contribution in [2.75, 3.05) is 13.1 Å². The second-order valence-corrected chi connectivity index (χ2v) is 7.18. The van der Waals surface area contributed by atoms with Gasteiger partial charge in [-0.05, 0) is 30.9 Å². The molecule has 0 bridgehead atoms. The van der Waals surface area contributed by atoms with Gasteiger partial charge in [0.1, 0.15) is 5.69 Å². The first-order chi connectivity index (χ1) is 13.0. The molecule has 0 spiro atoms. The maximum Gasteiger partial charge on any atom is 0.270 e. The number of hydrogen-bond donors (Lipinski definition) is 1. The van der Waals surface area contributed by atoms with Gasteiger partial charge in [-0.15, -0.1) is 0 Å². The lowest BCUT2D eigenvalue weighted by Gasteiger charge is -2.30. The molecular formula is C21H23N3O3. The molecule has 0 saturated carbocycles. The summed E-state index contributed by atoms with van der Waals surface area (Å²) in [5.41, 5.74) is 9.98. The minimum Gasteiger partial charge on any atom is -0.463 e. The number of aryl methyl sites for hydroxylation is 1. The minimum atomic E-state index is -0.275. The van der Waals surface area contributed by atoms with Crippen LogP contribution in [0.15, 0.2) is 47.1 Å². The van der Waals surface area contributed by atoms with Crippen LogP contribution in [0.3, 0.4) is 0 Å². The molecule has 4 rings (SSSR count). The van der Waals surface area contributed by atoms with Crippen molar-refractivity contribution in [2.24, 2.45) is 11.7 Å². The van der Waals surface area contributed by atoms with Crippen molar-refractivity contribution in [2.45, 2.75) is 26.3 Å². The van der Waals surface area contributed by atoms with Gasteiger partial charge in [0, 0.05) is 37.7 Å². The molecule has 6 nitrogen and oxygen atoms in total. The SMILES string of the molecule is Cc1ccccc1Cn1c(C(=O)N2CCC(C(N)=O)CC2)cc2occc21. The van der Waals surface area contributed by atoms with Gasteiger partial charge in [-0.1, -0.05) is 24.3 Å². The number of nitrogens with zero attached hydrogens (tertiary/aromatic N) is 2. The topological polar surface area (TPSA) is 81.5 Å². The average molecular weight is 365 g/mol. The van der Waals surface area contributed by atoms with Crippen molar-refractivity contribution in [3.05, 3.63) is 59.5 Å². The molecule has 3 aromatic rings. The Morgan fingerprint density at radius 3 is 2.63 bits per heavy atom. The van der Waals surface area contributed by atoms with E-state index in [-0.39, 0.29) is 17.7 Å². The van der Waals surface area contributed by atoms with E-state index in [0.29, 0.717) is 43.8 Å². The van der Waals surface area contributed by atoms with E-state index >= 15 is 0 Å². The summed E-state index contributed by atoms with van der Waals surface area (Å²) in [6, 6.07) is 11.9. The standard InChI is InChI=1S/C21H23N3O3/c1-14-4-2-3-5-16(14)13-24-17-8-11-27-19(17)12-18(24)21(26)23-9-6-15(7-10-23)20(22)25/h2-5,8,11-12,15H,6-7,9-10,13H2,1H3,(H2,22,25). The van der Waals surface area contributed by atoms with Crippen LogP contribution in [-0.4, -0.2) is 34.4 Å². The normalized spacial score (nSPS) is 15.4. The zero-order chi connectivity index (χ0) is 19.0. The number of rotatable bonds is 4. The summed E-state index contributed by atoms with van der Waals surface area (Å²) in [5, 5.41) is 0. The first-order valence-electron chi connectivity index (χ1n) is 9.24. The van der Waals surface area contributed by atoms with Crippen LogP contribution < -0.4 is 5.73 Å². The molecule has 3 heterocycles. The zero-order valence-electron chi connectivity index (χ0n) is 15.4. The average Bonchev–Trinajstić information content (AvgIpc) is 3.25. The number of carbonyl (C=O) groups excluding carboxylic acids is 2. The van der Waals surface area contributed by atoms with Gasteiger partial charge in [0.15, 0.2) is 5.58 Å². The van der Waals surface area contributed by atoms with Crippen LogP contribution in [0.4, 0.5) is 0 Å². The predicted octanol–water partition coefficient (Wildman–Crippen LogP) is 2.93. The number of fused-ring (bicyclic) bond motifs is 1. The molecule has 1 aromatic carbocycles. The number of carbonyl (C=O) groups is 2. The monoisotopic (exact) mass is 365 g/mol. The molecule has 2 amide bonds. The quantitative estimate of drug-likeness (QED) is 0.772. The third-order valence-electron chi connectivity index (χ3n) is 5.52. The summed E-state index contributed by atoms with van der Waals surface area (Å²) < 4.78 is 7.56. The number of piperidine rings is 1. The van der Waals surface area contributed by atoms with Gasteiger partial charge >= 0.3 is 0 Å². The number of likely N-dealkylation sites (tertiary alicyclic amines) is 1. The third kappa shape index (κ3) is 3.23. The highest BCUT2D eigenvalue weighted by Crippen LogP contribution is 2.26. The lowest BCUT2D eigenvalue weighted by atomic mass is 9.96. The maximum atomic E-state index is 13.2. The second-order valence-electron chi connectivity index (χ2n) is 7.18. The zero-order valence-corrected chi connectivity index (χ0v) is 15.4. The summed E-state index contributed by atoms with van der Waals surface area (Å²) in [6.07, 6.45) is 2.89. The van der Waals surface area contributed by atoms with Crippen LogP contribution in [0, 0.1) is 12.8 Å². The Morgan fingerprint density at radius 2 is 1.93 bits per heavy atom. The number of amides is 2. The van der Waals surface area contributed by atoms with E-state index in [1.165, 1.54) is 5.56 Å². The number of furan rings is 1. The lowest BCUT2D eigenvalue weighted by molar-refractivity contribution is -0.123. The molecule has 0 radical (unpaired) electrons. The van der Waals surface area contributed by atoms with Crippen LogP contribution in [0.1, 0.15) is 34.5 Å². The van der Waals surface area contributed by atoms with Crippen molar-refractivity contribution < 1.29 is 14.0 Å². The third-order valence-corrected chi connectivity index (χ3v) is 5.52. The van der Waals surface area contributed by atoms with E-state index in [9.17, 15) is 9.59 Å². The Hall–Kier alpha value is -3.02. The molecule has 1 aliphatic rings. The fourth-order valence-corrected chi connectivity index (χ4v) is 3.81. The van der Waals surface area contributed by atoms with Crippen molar-refractivity contribution >= 4 is 22.9 Å². The molecule has 6 heteroatoms. The van der Waals surface area contributed by atoms with E-state index in [1.54, 1.807) is 6.26 Å². The first kappa shape index (κ1) is 17.4. The molecule has 1 aliphatic heterocycles. The van der Waals surface area contributed by atoms with Crippen molar-refractivity contribution in [3.63, 3.8) is 0 Å². The molecule has 27 heavy (non-hydrogen) atoms. The molecule has 2 N–H and O–H groups in total. The smallest absolute Gasteiger partial charge is 0.270 e. The van der Waals surface area contributed by atoms with Gasteiger partial charge in [-0.2, -0.15) is 0 Å². The lowest BCUT2D eigenvalue weighted by Crippen LogP contribution is -2.42. The summed E-state index contributed by atoms with van der Waals surface area (Å²) in [5.74, 6) is -0.440. The number of aromatic nitrogens is 1. The van der Waals surface area contributed by atoms with Gasteiger partial charge in [0.25, 0.3) is 5.91 Å². The Balaban J connectivity index is 1.64. The highest BCUT2D eigenvalue weighted by Gasteiger charge is 2.29. The molecule has 1 saturated heterocycles. The highest BCUT2D eigenvalue weighted by atomic mass is 16.3. The van der Waals surface area contributed by atoms with E-state index in [1.807, 2.05) is 33.7 Å². The Labute approximate surface area is 157 Å². The van der Waals surface area contributed by atoms with Crippen LogP contribution >= 0.6 is 0 Å². The first-order valence-corrected chi connectivity index (χ1v) is 9.24. The van der Waals surface area contributed by atoms with Crippen LogP contribution in [-0.2, 0) is 11.3 Å². The Bertz CT molecular complexity index is 993. The predicted molar refractivity (Wildman–Crippen MR) is 102 cm³/mol. The van der Waals surface area contributed by atoms with E-state index in [0.717, 1.165) is 11.1 Å². The summed E-state index contributed by atoms with van der Waals surface area (Å²) >= 11 is 0. The molecule has 1 fully saturated rings. The van der Waals surface area contributed by atoms with Gasteiger partial charge in [0.05, 0.1) is 11.8 Å². The largest absolute Gasteiger partial charge is 0.463 e. The Kier molecular flexibility index (Phi) is 4.48. The summed E-state index contributed by atoms with van der Waals surface area (Å²) in [4.78, 5) is 26.4. The molecule has 0 atom stereocenters. The number of hydrogen-bond acceptors (Lipinski definition) is 3. The van der Waals surface area contributed by atoms with E-state index in [4.69, 9.17) is 10.2 Å². The van der Waals surface area contributed by atoms with Crippen molar-refractivity contribution in [1.29, 1.82) is 0 Å². The summed E-state index contributed by atoms with van der Waals surface area (Å²) in [7, 11) is 0. The fourth-order valence-electron chi connectivity index (χ4n) is 3.81. The van der Waals surface area contributed by atoms with E-state index < -0.39 is 0 Å². The maximum absolute atomic E-state index is 13.2. The van der Waals surface area contributed by atoms with E-state index in [2.05, 4.69) is 19.1 Å².